The number of sulfonamides is 1. The minimum atomic E-state index is -3.73. The summed E-state index contributed by atoms with van der Waals surface area (Å²) in [7, 11) is -3.73. The van der Waals surface area contributed by atoms with Crippen LogP contribution in [0.2, 0.25) is 0 Å². The molecule has 3 N–H and O–H groups in total. The first-order valence-electron chi connectivity index (χ1n) is 11.7. The lowest BCUT2D eigenvalue weighted by Crippen LogP contribution is -2.41. The summed E-state index contributed by atoms with van der Waals surface area (Å²) in [6.45, 7) is 5.77. The molecule has 0 bridgehead atoms. The van der Waals surface area contributed by atoms with Gasteiger partial charge in [-0.05, 0) is 81.8 Å². The zero-order valence-electron chi connectivity index (χ0n) is 20.7. The number of halogens is 1. The zero-order valence-corrected chi connectivity index (χ0v) is 21.5. The van der Waals surface area contributed by atoms with Gasteiger partial charge in [-0.3, -0.25) is 0 Å². The smallest absolute Gasteiger partial charge is 0.407 e. The number of benzene rings is 2. The van der Waals surface area contributed by atoms with Crippen molar-refractivity contribution in [2.75, 3.05) is 23.7 Å². The Morgan fingerprint density at radius 3 is 2.35 bits per heavy atom. The Balaban J connectivity index is 1.36. The van der Waals surface area contributed by atoms with Crippen LogP contribution in [-0.2, 0) is 14.8 Å². The number of aromatic nitrogens is 2. The average Bonchev–Trinajstić information content (AvgIpc) is 3.29. The van der Waals surface area contributed by atoms with E-state index in [-0.39, 0.29) is 23.3 Å². The average molecular weight is 529 g/mol. The van der Waals surface area contributed by atoms with Crippen LogP contribution in [0.1, 0.15) is 27.2 Å². The standard InChI is InChI=1S/C25H29FN6O4S/c1-25(2,3)36-24(33)30-20-13-15-32(16-20)37(34,35)21-10-8-19(9-11-21)29-23-27-14-12-22(31-23)28-18-6-4-17(26)5-7-18/h4-12,14,20H,13,15-16H2,1-3H3,(H,30,33)(H2,27,28,29,31). The molecule has 1 amide bonds. The molecule has 3 aromatic rings. The van der Waals surface area contributed by atoms with Crippen LogP contribution in [0.4, 0.5) is 32.3 Å². The summed E-state index contributed by atoms with van der Waals surface area (Å²) in [5.41, 5.74) is 0.644. The van der Waals surface area contributed by atoms with Crippen LogP contribution >= 0.6 is 0 Å². The van der Waals surface area contributed by atoms with Crippen molar-refractivity contribution in [2.24, 2.45) is 0 Å². The lowest BCUT2D eigenvalue weighted by molar-refractivity contribution is 0.0507. The minimum Gasteiger partial charge on any atom is -0.444 e. The number of anilines is 4. The third-order valence-electron chi connectivity index (χ3n) is 5.39. The van der Waals surface area contributed by atoms with E-state index in [4.69, 9.17) is 4.74 Å². The number of nitrogens with one attached hydrogen (secondary N) is 3. The van der Waals surface area contributed by atoms with E-state index in [0.29, 0.717) is 36.1 Å². The van der Waals surface area contributed by atoms with Crippen molar-refractivity contribution >= 4 is 39.3 Å². The molecular weight excluding hydrogens is 499 g/mol. The monoisotopic (exact) mass is 528 g/mol. The first kappa shape index (κ1) is 26.3. The van der Waals surface area contributed by atoms with E-state index in [2.05, 4.69) is 25.9 Å². The fourth-order valence-corrected chi connectivity index (χ4v) is 5.20. The Morgan fingerprint density at radius 1 is 1.03 bits per heavy atom. The molecule has 37 heavy (non-hydrogen) atoms. The first-order chi connectivity index (χ1) is 17.5. The fraction of sp³-hybridized carbons (Fsp3) is 0.320. The van der Waals surface area contributed by atoms with Crippen molar-refractivity contribution in [3.8, 4) is 0 Å². The predicted molar refractivity (Wildman–Crippen MR) is 138 cm³/mol. The van der Waals surface area contributed by atoms with Gasteiger partial charge in [0, 0.05) is 36.7 Å². The molecule has 1 fully saturated rings. The number of ether oxygens (including phenoxy) is 1. The molecule has 4 rings (SSSR count). The summed E-state index contributed by atoms with van der Waals surface area (Å²) in [5, 5.41) is 8.84. The minimum absolute atomic E-state index is 0.142. The van der Waals surface area contributed by atoms with Crippen LogP contribution in [0.25, 0.3) is 0 Å². The number of hydrogen-bond acceptors (Lipinski definition) is 8. The number of rotatable bonds is 7. The molecule has 1 aliphatic rings. The highest BCUT2D eigenvalue weighted by atomic mass is 32.2. The van der Waals surface area contributed by atoms with Gasteiger partial charge in [-0.1, -0.05) is 0 Å². The molecule has 12 heteroatoms. The molecule has 196 valence electrons. The maximum absolute atomic E-state index is 13.1. The summed E-state index contributed by atoms with van der Waals surface area (Å²) >= 11 is 0. The predicted octanol–water partition coefficient (Wildman–Crippen LogP) is 4.39. The molecule has 1 saturated heterocycles. The lowest BCUT2D eigenvalue weighted by atomic mass is 10.2. The highest BCUT2D eigenvalue weighted by molar-refractivity contribution is 7.89. The maximum Gasteiger partial charge on any atom is 0.407 e. The second kappa shape index (κ2) is 10.7. The summed E-state index contributed by atoms with van der Waals surface area (Å²) in [5.74, 6) is 0.480. The lowest BCUT2D eigenvalue weighted by Gasteiger charge is -2.22. The molecule has 2 heterocycles. The van der Waals surface area contributed by atoms with E-state index in [1.807, 2.05) is 0 Å². The largest absolute Gasteiger partial charge is 0.444 e. The molecule has 0 spiro atoms. The Hall–Kier alpha value is -3.77. The third kappa shape index (κ3) is 7.14. The molecule has 1 atom stereocenters. The van der Waals surface area contributed by atoms with Gasteiger partial charge in [0.05, 0.1) is 4.90 Å². The van der Waals surface area contributed by atoms with E-state index < -0.39 is 21.7 Å². The third-order valence-corrected chi connectivity index (χ3v) is 7.27. The molecule has 2 aromatic carbocycles. The normalized spacial score (nSPS) is 16.3. The van der Waals surface area contributed by atoms with Crippen molar-refractivity contribution in [1.82, 2.24) is 19.6 Å². The van der Waals surface area contributed by atoms with Crippen molar-refractivity contribution in [3.63, 3.8) is 0 Å². The van der Waals surface area contributed by atoms with E-state index >= 15 is 0 Å². The van der Waals surface area contributed by atoms with Gasteiger partial charge in [0.1, 0.15) is 17.2 Å². The van der Waals surface area contributed by atoms with Crippen LogP contribution in [-0.4, -0.2) is 53.5 Å². The van der Waals surface area contributed by atoms with Gasteiger partial charge in [-0.2, -0.15) is 9.29 Å². The van der Waals surface area contributed by atoms with Gasteiger partial charge in [-0.25, -0.2) is 22.6 Å². The first-order valence-corrected chi connectivity index (χ1v) is 13.1. The molecule has 10 nitrogen and oxygen atoms in total. The van der Waals surface area contributed by atoms with E-state index in [0.717, 1.165) is 0 Å². The zero-order chi connectivity index (χ0) is 26.6. The summed E-state index contributed by atoms with van der Waals surface area (Å²) in [6, 6.07) is 13.5. The van der Waals surface area contributed by atoms with Gasteiger partial charge in [0.2, 0.25) is 16.0 Å². The number of carbonyl (C=O) groups excluding carboxylic acids is 1. The van der Waals surface area contributed by atoms with Gasteiger partial charge >= 0.3 is 6.09 Å². The van der Waals surface area contributed by atoms with Crippen LogP contribution in [0.15, 0.2) is 65.7 Å². The Morgan fingerprint density at radius 2 is 1.68 bits per heavy atom. The topological polar surface area (TPSA) is 126 Å². The molecule has 1 aliphatic heterocycles. The van der Waals surface area contributed by atoms with Crippen LogP contribution < -0.4 is 16.0 Å². The summed E-state index contributed by atoms with van der Waals surface area (Å²) in [4.78, 5) is 20.7. The quantitative estimate of drug-likeness (QED) is 0.412. The molecule has 1 aromatic heterocycles. The van der Waals surface area contributed by atoms with Crippen molar-refractivity contribution in [3.05, 3.63) is 66.6 Å². The number of nitrogens with zero attached hydrogens (tertiary/aromatic N) is 3. The summed E-state index contributed by atoms with van der Waals surface area (Å²) in [6.07, 6.45) is 1.50. The van der Waals surface area contributed by atoms with E-state index in [1.165, 1.54) is 28.6 Å². The second-order valence-corrected chi connectivity index (χ2v) is 11.5. The number of amides is 1. The molecule has 1 unspecified atom stereocenters. The van der Waals surface area contributed by atoms with E-state index in [9.17, 15) is 17.6 Å². The SMILES string of the molecule is CC(C)(C)OC(=O)NC1CCN(S(=O)(=O)c2ccc(Nc3nccc(Nc4ccc(F)cc4)n3)cc2)C1. The Labute approximate surface area is 215 Å². The van der Waals surface area contributed by atoms with Crippen LogP contribution in [0.5, 0.6) is 0 Å². The summed E-state index contributed by atoms with van der Waals surface area (Å²) < 4.78 is 45.9. The molecular formula is C25H29FN6O4S. The maximum atomic E-state index is 13.1. The van der Waals surface area contributed by atoms with Crippen molar-refractivity contribution < 1.29 is 22.3 Å². The van der Waals surface area contributed by atoms with E-state index in [1.54, 1.807) is 57.3 Å². The number of hydrogen-bond donors (Lipinski definition) is 3. The van der Waals surface area contributed by atoms with Gasteiger partial charge in [0.15, 0.2) is 0 Å². The van der Waals surface area contributed by atoms with Gasteiger partial charge in [-0.15, -0.1) is 0 Å². The number of alkyl carbamates (subject to hydrolysis) is 1. The molecule has 0 radical (unpaired) electrons. The highest BCUT2D eigenvalue weighted by Gasteiger charge is 2.34. The second-order valence-electron chi connectivity index (χ2n) is 9.54. The van der Waals surface area contributed by atoms with Gasteiger partial charge < -0.3 is 20.7 Å². The highest BCUT2D eigenvalue weighted by Crippen LogP contribution is 2.24. The Bertz CT molecular complexity index is 1340. The van der Waals surface area contributed by atoms with Crippen molar-refractivity contribution in [1.29, 1.82) is 0 Å². The van der Waals surface area contributed by atoms with Crippen molar-refractivity contribution in [2.45, 2.75) is 43.7 Å². The molecule has 0 aliphatic carbocycles. The number of carbonyl (C=O) groups is 1. The Kier molecular flexibility index (Phi) is 7.60. The van der Waals surface area contributed by atoms with Crippen LogP contribution in [0.3, 0.4) is 0 Å². The van der Waals surface area contributed by atoms with Crippen LogP contribution in [0, 0.1) is 5.82 Å². The molecule has 0 saturated carbocycles. The van der Waals surface area contributed by atoms with Gasteiger partial charge in [0.25, 0.3) is 0 Å². The fourth-order valence-electron chi connectivity index (χ4n) is 3.70.